The van der Waals surface area contributed by atoms with E-state index < -0.39 is 18.3 Å². The van der Waals surface area contributed by atoms with Gasteiger partial charge in [-0.3, -0.25) is 4.90 Å². The van der Waals surface area contributed by atoms with E-state index in [0.717, 1.165) is 0 Å². The quantitative estimate of drug-likeness (QED) is 0.921. The molecule has 0 radical (unpaired) electrons. The smallest absolute Gasteiger partial charge is 0.258 e. The zero-order valence-corrected chi connectivity index (χ0v) is 11.4. The minimum Gasteiger partial charge on any atom is -0.314 e. The maximum Gasteiger partial charge on any atom is 0.258 e. The molecule has 19 heavy (non-hydrogen) atoms. The number of halogens is 4. The van der Waals surface area contributed by atoms with Crippen molar-refractivity contribution in [2.75, 3.05) is 26.2 Å². The average Bonchev–Trinajstić information content (AvgIpc) is 2.39. The molecule has 106 valence electrons. The SMILES string of the molecule is Cc1ccc(F)c([C@H](C(F)F)N2CCNCC2)c1Cl. The van der Waals surface area contributed by atoms with Crippen LogP contribution < -0.4 is 5.32 Å². The lowest BCUT2D eigenvalue weighted by Crippen LogP contribution is -2.47. The fourth-order valence-corrected chi connectivity index (χ4v) is 2.64. The fraction of sp³-hybridized carbons (Fsp3) is 0.538. The molecule has 1 N–H and O–H groups in total. The normalized spacial score (nSPS) is 18.8. The number of nitrogens with zero attached hydrogens (tertiary/aromatic N) is 1. The predicted molar refractivity (Wildman–Crippen MR) is 69.3 cm³/mol. The Morgan fingerprint density at radius 2 is 1.89 bits per heavy atom. The second-order valence-corrected chi connectivity index (χ2v) is 5.04. The van der Waals surface area contributed by atoms with Gasteiger partial charge in [0.1, 0.15) is 11.9 Å². The van der Waals surface area contributed by atoms with Crippen molar-refractivity contribution in [1.82, 2.24) is 10.2 Å². The first kappa shape index (κ1) is 14.6. The zero-order chi connectivity index (χ0) is 14.0. The van der Waals surface area contributed by atoms with Gasteiger partial charge >= 0.3 is 0 Å². The summed E-state index contributed by atoms with van der Waals surface area (Å²) in [4.78, 5) is 1.59. The van der Waals surface area contributed by atoms with E-state index >= 15 is 0 Å². The van der Waals surface area contributed by atoms with Gasteiger partial charge in [0.2, 0.25) is 0 Å². The van der Waals surface area contributed by atoms with Gasteiger partial charge in [0.15, 0.2) is 0 Å². The van der Waals surface area contributed by atoms with E-state index in [9.17, 15) is 13.2 Å². The number of nitrogens with one attached hydrogen (secondary N) is 1. The van der Waals surface area contributed by atoms with E-state index in [1.807, 2.05) is 0 Å². The van der Waals surface area contributed by atoms with Crippen LogP contribution in [0.5, 0.6) is 0 Å². The molecule has 1 heterocycles. The standard InChI is InChI=1S/C13H16ClF3N2/c1-8-2-3-9(15)10(11(8)14)12(13(16)17)19-6-4-18-5-7-19/h2-3,12-13,18H,4-7H2,1H3/t12-/m1/s1. The molecule has 0 bridgehead atoms. The molecule has 1 aliphatic heterocycles. The van der Waals surface area contributed by atoms with Gasteiger partial charge < -0.3 is 5.32 Å². The number of hydrogen-bond acceptors (Lipinski definition) is 2. The van der Waals surface area contributed by atoms with Crippen molar-refractivity contribution in [3.8, 4) is 0 Å². The molecule has 0 unspecified atom stereocenters. The molecular weight excluding hydrogens is 277 g/mol. The van der Waals surface area contributed by atoms with E-state index in [2.05, 4.69) is 5.32 Å². The van der Waals surface area contributed by atoms with Crippen molar-refractivity contribution < 1.29 is 13.2 Å². The number of aryl methyl sites for hydroxylation is 1. The Labute approximate surface area is 115 Å². The molecule has 2 rings (SSSR count). The molecule has 1 aromatic carbocycles. The van der Waals surface area contributed by atoms with Crippen LogP contribution in [-0.4, -0.2) is 37.5 Å². The lowest BCUT2D eigenvalue weighted by Gasteiger charge is -2.35. The maximum atomic E-state index is 13.9. The molecule has 1 fully saturated rings. The second kappa shape index (κ2) is 6.11. The number of hydrogen-bond donors (Lipinski definition) is 1. The third-order valence-electron chi connectivity index (χ3n) is 3.40. The van der Waals surface area contributed by atoms with Gasteiger partial charge in [0.05, 0.1) is 5.02 Å². The number of benzene rings is 1. The summed E-state index contributed by atoms with van der Waals surface area (Å²) in [6, 6.07) is 1.42. The zero-order valence-electron chi connectivity index (χ0n) is 10.6. The summed E-state index contributed by atoms with van der Waals surface area (Å²) in [5, 5.41) is 3.19. The maximum absolute atomic E-state index is 13.9. The second-order valence-electron chi connectivity index (χ2n) is 4.66. The summed E-state index contributed by atoms with van der Waals surface area (Å²) in [5.74, 6) is -0.667. The van der Waals surface area contributed by atoms with Crippen molar-refractivity contribution in [3.05, 3.63) is 34.1 Å². The lowest BCUT2D eigenvalue weighted by atomic mass is 10.0. The highest BCUT2D eigenvalue weighted by atomic mass is 35.5. The van der Waals surface area contributed by atoms with Crippen molar-refractivity contribution in [3.63, 3.8) is 0 Å². The predicted octanol–water partition coefficient (Wildman–Crippen LogP) is 3.00. The highest BCUT2D eigenvalue weighted by Crippen LogP contribution is 2.36. The Kier molecular flexibility index (Phi) is 4.71. The van der Waals surface area contributed by atoms with Crippen LogP contribution in [0.1, 0.15) is 17.2 Å². The molecule has 1 aromatic rings. The summed E-state index contributed by atoms with van der Waals surface area (Å²) < 4.78 is 40.7. The van der Waals surface area contributed by atoms with E-state index in [1.165, 1.54) is 12.1 Å². The average molecular weight is 293 g/mol. The third kappa shape index (κ3) is 3.04. The summed E-state index contributed by atoms with van der Waals surface area (Å²) >= 11 is 6.04. The van der Waals surface area contributed by atoms with Gasteiger partial charge in [-0.25, -0.2) is 13.2 Å². The number of alkyl halides is 2. The lowest BCUT2D eigenvalue weighted by molar-refractivity contribution is 0.0164. The molecule has 1 atom stereocenters. The van der Waals surface area contributed by atoms with Crippen LogP contribution in [0.4, 0.5) is 13.2 Å². The van der Waals surface area contributed by atoms with E-state index in [4.69, 9.17) is 11.6 Å². The largest absolute Gasteiger partial charge is 0.314 e. The molecule has 0 saturated carbocycles. The Morgan fingerprint density at radius 3 is 2.47 bits per heavy atom. The highest BCUT2D eigenvalue weighted by Gasteiger charge is 2.34. The fourth-order valence-electron chi connectivity index (χ4n) is 2.38. The van der Waals surface area contributed by atoms with E-state index in [-0.39, 0.29) is 10.6 Å². The first-order valence-corrected chi connectivity index (χ1v) is 6.57. The molecular formula is C13H16ClF3N2. The highest BCUT2D eigenvalue weighted by molar-refractivity contribution is 6.32. The van der Waals surface area contributed by atoms with Gasteiger partial charge in [0, 0.05) is 31.7 Å². The minimum absolute atomic E-state index is 0.0847. The van der Waals surface area contributed by atoms with Crippen molar-refractivity contribution >= 4 is 11.6 Å². The Balaban J connectivity index is 2.41. The summed E-state index contributed by atoms with van der Waals surface area (Å²) in [5.41, 5.74) is 0.525. The van der Waals surface area contributed by atoms with Crippen LogP contribution in [0.25, 0.3) is 0 Å². The molecule has 6 heteroatoms. The first-order chi connectivity index (χ1) is 9.02. The molecule has 2 nitrogen and oxygen atoms in total. The summed E-state index contributed by atoms with van der Waals surface area (Å²) in [6.45, 7) is 3.84. The topological polar surface area (TPSA) is 15.3 Å². The van der Waals surface area contributed by atoms with Crippen molar-refractivity contribution in [2.45, 2.75) is 19.4 Å². The van der Waals surface area contributed by atoms with E-state index in [1.54, 1.807) is 11.8 Å². The Hall–Kier alpha value is -0.780. The van der Waals surface area contributed by atoms with Gasteiger partial charge in [-0.05, 0) is 18.6 Å². The molecule has 0 aliphatic carbocycles. The van der Waals surface area contributed by atoms with Crippen molar-refractivity contribution in [2.24, 2.45) is 0 Å². The number of piperazine rings is 1. The van der Waals surface area contributed by atoms with Crippen molar-refractivity contribution in [1.29, 1.82) is 0 Å². The van der Waals surface area contributed by atoms with Gasteiger partial charge in [-0.15, -0.1) is 0 Å². The monoisotopic (exact) mass is 292 g/mol. The van der Waals surface area contributed by atoms with Crippen LogP contribution in [0, 0.1) is 12.7 Å². The minimum atomic E-state index is -2.67. The molecule has 1 saturated heterocycles. The van der Waals surface area contributed by atoms with E-state index in [0.29, 0.717) is 31.7 Å². The van der Waals surface area contributed by atoms with Crippen LogP contribution in [0.3, 0.4) is 0 Å². The van der Waals surface area contributed by atoms with Gasteiger partial charge in [-0.1, -0.05) is 17.7 Å². The molecule has 0 amide bonds. The van der Waals surface area contributed by atoms with Crippen LogP contribution in [-0.2, 0) is 0 Å². The van der Waals surface area contributed by atoms with Gasteiger partial charge in [0.25, 0.3) is 6.43 Å². The third-order valence-corrected chi connectivity index (χ3v) is 3.90. The molecule has 0 aromatic heterocycles. The van der Waals surface area contributed by atoms with Crippen LogP contribution >= 0.6 is 11.6 Å². The Bertz CT molecular complexity index is 448. The molecule has 0 spiro atoms. The van der Waals surface area contributed by atoms with Crippen LogP contribution in [0.2, 0.25) is 5.02 Å². The van der Waals surface area contributed by atoms with Crippen LogP contribution in [0.15, 0.2) is 12.1 Å². The molecule has 1 aliphatic rings. The summed E-state index contributed by atoms with van der Waals surface area (Å²) in [7, 11) is 0. The van der Waals surface area contributed by atoms with Gasteiger partial charge in [-0.2, -0.15) is 0 Å². The summed E-state index contributed by atoms with van der Waals surface area (Å²) in [6.07, 6.45) is -2.67. The first-order valence-electron chi connectivity index (χ1n) is 6.19. The number of rotatable bonds is 3. The Morgan fingerprint density at radius 1 is 1.26 bits per heavy atom.